The summed E-state index contributed by atoms with van der Waals surface area (Å²) in [7, 11) is -3.64. The maximum Gasteiger partial charge on any atom is 0.264 e. The van der Waals surface area contributed by atoms with E-state index in [1.165, 1.54) is 12.3 Å². The number of nitrogens with one attached hydrogen (secondary N) is 2. The molecule has 2 heterocycles. The first-order valence-electron chi connectivity index (χ1n) is 4.98. The lowest BCUT2D eigenvalue weighted by molar-refractivity contribution is 0.602. The van der Waals surface area contributed by atoms with Crippen LogP contribution in [0.3, 0.4) is 0 Å². The molecule has 1 aliphatic rings. The van der Waals surface area contributed by atoms with Gasteiger partial charge in [-0.2, -0.15) is 4.98 Å². The Balaban J connectivity index is 2.27. The minimum absolute atomic E-state index is 0.0415. The van der Waals surface area contributed by atoms with Crippen LogP contribution in [0, 0.1) is 0 Å². The molecule has 0 spiro atoms. The Labute approximate surface area is 108 Å². The van der Waals surface area contributed by atoms with Crippen LogP contribution in [0.4, 0.5) is 17.2 Å². The fraction of sp³-hybridized carbons (Fsp3) is 0. The molecule has 2 N–H and O–H groups in total. The van der Waals surface area contributed by atoms with Gasteiger partial charge >= 0.3 is 0 Å². The van der Waals surface area contributed by atoms with E-state index in [2.05, 4.69) is 20.0 Å². The summed E-state index contributed by atoms with van der Waals surface area (Å²) in [6.07, 6.45) is 1.32. The highest BCUT2D eigenvalue weighted by Gasteiger charge is 2.24. The lowest BCUT2D eigenvalue weighted by atomic mass is 10.3. The van der Waals surface area contributed by atoms with Gasteiger partial charge in [-0.1, -0.05) is 12.1 Å². The van der Waals surface area contributed by atoms with E-state index in [1.54, 1.807) is 18.2 Å². The highest BCUT2D eigenvalue weighted by molar-refractivity contribution is 7.93. The van der Waals surface area contributed by atoms with E-state index < -0.39 is 10.0 Å². The summed E-state index contributed by atoms with van der Waals surface area (Å²) in [6, 6.07) is 6.54. The standard InChI is InChI=1S/C10H7ClN4O2S/c11-10-12-5-7-9(14-10)13-6-3-1-2-4-8(6)18(16,17)15-7/h1-5,15H,(H,12,13,14). The Morgan fingerprint density at radius 3 is 2.78 bits per heavy atom. The summed E-state index contributed by atoms with van der Waals surface area (Å²) >= 11 is 5.69. The summed E-state index contributed by atoms with van der Waals surface area (Å²) in [4.78, 5) is 7.86. The van der Waals surface area contributed by atoms with Gasteiger partial charge < -0.3 is 5.32 Å². The average molecular weight is 283 g/mol. The van der Waals surface area contributed by atoms with Crippen molar-refractivity contribution in [2.45, 2.75) is 4.90 Å². The van der Waals surface area contributed by atoms with Crippen LogP contribution < -0.4 is 10.0 Å². The third-order valence-corrected chi connectivity index (χ3v) is 4.04. The molecule has 1 aromatic carbocycles. The molecule has 1 aliphatic heterocycles. The third kappa shape index (κ3) is 1.77. The number of rotatable bonds is 0. The topological polar surface area (TPSA) is 84.0 Å². The molecule has 3 rings (SSSR count). The van der Waals surface area contributed by atoms with E-state index in [0.717, 1.165) is 0 Å². The second-order valence-corrected chi connectivity index (χ2v) is 5.62. The van der Waals surface area contributed by atoms with Gasteiger partial charge in [-0.05, 0) is 23.7 Å². The Morgan fingerprint density at radius 1 is 1.17 bits per heavy atom. The van der Waals surface area contributed by atoms with Crippen molar-refractivity contribution in [3.05, 3.63) is 35.7 Å². The Morgan fingerprint density at radius 2 is 1.94 bits per heavy atom. The lowest BCUT2D eigenvalue weighted by Crippen LogP contribution is -2.12. The molecule has 0 saturated carbocycles. The third-order valence-electron chi connectivity index (χ3n) is 2.43. The van der Waals surface area contributed by atoms with Crippen LogP contribution in [0.1, 0.15) is 0 Å². The van der Waals surface area contributed by atoms with Gasteiger partial charge in [0, 0.05) is 0 Å². The monoisotopic (exact) mass is 282 g/mol. The van der Waals surface area contributed by atoms with Gasteiger partial charge in [0.1, 0.15) is 10.6 Å². The van der Waals surface area contributed by atoms with Crippen molar-refractivity contribution >= 4 is 38.8 Å². The quantitative estimate of drug-likeness (QED) is 0.722. The number of halogens is 1. The van der Waals surface area contributed by atoms with Crippen LogP contribution in [0.5, 0.6) is 0 Å². The zero-order chi connectivity index (χ0) is 12.8. The molecule has 1 aromatic heterocycles. The van der Waals surface area contributed by atoms with Crippen molar-refractivity contribution < 1.29 is 8.42 Å². The van der Waals surface area contributed by atoms with Crippen LogP contribution in [-0.4, -0.2) is 18.4 Å². The molecule has 92 valence electrons. The van der Waals surface area contributed by atoms with Crippen molar-refractivity contribution in [1.82, 2.24) is 9.97 Å². The Bertz CT molecular complexity index is 732. The number of fused-ring (bicyclic) bond motifs is 2. The molecule has 2 aromatic rings. The van der Waals surface area contributed by atoms with E-state index in [9.17, 15) is 8.42 Å². The molecule has 0 saturated heterocycles. The van der Waals surface area contributed by atoms with Crippen molar-refractivity contribution in [3.8, 4) is 0 Å². The Hall–Kier alpha value is -1.86. The van der Waals surface area contributed by atoms with Crippen LogP contribution in [-0.2, 0) is 10.0 Å². The van der Waals surface area contributed by atoms with Crippen molar-refractivity contribution in [2.75, 3.05) is 10.0 Å². The molecular formula is C10H7ClN4O2S. The number of hydrogen-bond donors (Lipinski definition) is 2. The Kier molecular flexibility index (Phi) is 2.39. The molecule has 6 nitrogen and oxygen atoms in total. The second kappa shape index (κ2) is 3.82. The summed E-state index contributed by atoms with van der Waals surface area (Å²) in [5.41, 5.74) is 0.703. The van der Waals surface area contributed by atoms with Gasteiger partial charge in [0.15, 0.2) is 5.82 Å². The smallest absolute Gasteiger partial charge is 0.264 e. The first-order chi connectivity index (χ1) is 8.56. The van der Waals surface area contributed by atoms with E-state index >= 15 is 0 Å². The largest absolute Gasteiger partial charge is 0.337 e. The van der Waals surface area contributed by atoms with E-state index in [-0.39, 0.29) is 15.9 Å². The molecule has 0 fully saturated rings. The average Bonchev–Trinajstić information content (AvgIpc) is 2.43. The second-order valence-electron chi connectivity index (χ2n) is 3.63. The number of anilines is 3. The van der Waals surface area contributed by atoms with E-state index in [4.69, 9.17) is 11.6 Å². The first-order valence-corrected chi connectivity index (χ1v) is 6.84. The fourth-order valence-corrected chi connectivity index (χ4v) is 3.01. The SMILES string of the molecule is O=S1(=O)Nc2cnc(Cl)nc2Nc2ccccc21. The molecule has 0 atom stereocenters. The number of benzene rings is 1. The molecule has 0 bridgehead atoms. The molecule has 18 heavy (non-hydrogen) atoms. The predicted octanol–water partition coefficient (Wildman–Crippen LogP) is 1.99. The summed E-state index contributed by atoms with van der Waals surface area (Å²) in [5, 5.41) is 2.96. The van der Waals surface area contributed by atoms with Gasteiger partial charge in [0.05, 0.1) is 11.9 Å². The zero-order valence-corrected chi connectivity index (χ0v) is 10.5. The number of hydrogen-bond acceptors (Lipinski definition) is 5. The normalized spacial score (nSPS) is 15.6. The maximum atomic E-state index is 12.1. The van der Waals surface area contributed by atoms with Crippen LogP contribution in [0.25, 0.3) is 0 Å². The lowest BCUT2D eigenvalue weighted by Gasteiger charge is -2.05. The number of nitrogens with zero attached hydrogens (tertiary/aromatic N) is 2. The highest BCUT2D eigenvalue weighted by Crippen LogP contribution is 2.33. The molecule has 0 radical (unpaired) electrons. The highest BCUT2D eigenvalue weighted by atomic mass is 35.5. The predicted molar refractivity (Wildman–Crippen MR) is 67.6 cm³/mol. The summed E-state index contributed by atoms with van der Waals surface area (Å²) in [5.74, 6) is 0.323. The fourth-order valence-electron chi connectivity index (χ4n) is 1.66. The van der Waals surface area contributed by atoms with Gasteiger partial charge in [-0.3, -0.25) is 4.72 Å². The van der Waals surface area contributed by atoms with Gasteiger partial charge in [-0.15, -0.1) is 0 Å². The van der Waals surface area contributed by atoms with E-state index in [1.807, 2.05) is 0 Å². The molecular weight excluding hydrogens is 276 g/mol. The van der Waals surface area contributed by atoms with Crippen LogP contribution >= 0.6 is 11.6 Å². The molecule has 8 heteroatoms. The summed E-state index contributed by atoms with van der Waals surface area (Å²) in [6.45, 7) is 0. The minimum Gasteiger partial charge on any atom is -0.337 e. The van der Waals surface area contributed by atoms with Gasteiger partial charge in [0.2, 0.25) is 5.28 Å². The van der Waals surface area contributed by atoms with Crippen LogP contribution in [0.2, 0.25) is 5.28 Å². The zero-order valence-electron chi connectivity index (χ0n) is 8.88. The van der Waals surface area contributed by atoms with Crippen molar-refractivity contribution in [1.29, 1.82) is 0 Å². The van der Waals surface area contributed by atoms with Crippen LogP contribution in [0.15, 0.2) is 35.4 Å². The van der Waals surface area contributed by atoms with Crippen molar-refractivity contribution in [2.24, 2.45) is 0 Å². The molecule has 0 unspecified atom stereocenters. The minimum atomic E-state index is -3.64. The number of sulfonamides is 1. The summed E-state index contributed by atoms with van der Waals surface area (Å²) < 4.78 is 26.6. The maximum absolute atomic E-state index is 12.1. The molecule has 0 amide bonds. The van der Waals surface area contributed by atoms with E-state index in [0.29, 0.717) is 11.5 Å². The first kappa shape index (κ1) is 11.2. The van der Waals surface area contributed by atoms with Gasteiger partial charge in [0.25, 0.3) is 10.0 Å². The number of aromatic nitrogens is 2. The van der Waals surface area contributed by atoms with Crippen molar-refractivity contribution in [3.63, 3.8) is 0 Å². The molecule has 0 aliphatic carbocycles. The van der Waals surface area contributed by atoms with Gasteiger partial charge in [-0.25, -0.2) is 13.4 Å². The number of para-hydroxylation sites is 1.